The average molecular weight is 376 g/mol. The van der Waals surface area contributed by atoms with Gasteiger partial charge in [-0.2, -0.15) is 0 Å². The maximum atomic E-state index is 14.1. The third kappa shape index (κ3) is 2.52. The van der Waals surface area contributed by atoms with Crippen LogP contribution >= 0.6 is 0 Å². The van der Waals surface area contributed by atoms with Gasteiger partial charge in [-0.05, 0) is 56.0 Å². The van der Waals surface area contributed by atoms with Crippen LogP contribution in [0.2, 0.25) is 0 Å². The number of carbonyl (C=O) groups excluding carboxylic acids is 1. The molecule has 0 spiro atoms. The molecule has 1 saturated heterocycles. The predicted octanol–water partition coefficient (Wildman–Crippen LogP) is 4.78. The number of imidazole rings is 1. The molecule has 5 rings (SSSR count). The molecule has 1 amide bonds. The third-order valence-corrected chi connectivity index (χ3v) is 5.74. The minimum absolute atomic E-state index is 0.101. The molecule has 1 atom stereocenters. The van der Waals surface area contributed by atoms with E-state index in [9.17, 15) is 9.18 Å². The van der Waals surface area contributed by atoms with Gasteiger partial charge in [-0.25, -0.2) is 9.37 Å². The van der Waals surface area contributed by atoms with Crippen LogP contribution in [0.3, 0.4) is 0 Å². The number of hydrogen-bond donors (Lipinski definition) is 2. The van der Waals surface area contributed by atoms with Crippen LogP contribution in [0.25, 0.3) is 21.9 Å². The number of hydrogen-bond acceptors (Lipinski definition) is 2. The first-order valence-corrected chi connectivity index (χ1v) is 9.57. The lowest BCUT2D eigenvalue weighted by molar-refractivity contribution is 0.0725. The van der Waals surface area contributed by atoms with Crippen LogP contribution in [-0.4, -0.2) is 32.3 Å². The van der Waals surface area contributed by atoms with Gasteiger partial charge in [-0.3, -0.25) is 4.79 Å². The van der Waals surface area contributed by atoms with E-state index in [1.165, 1.54) is 6.07 Å². The molecule has 0 aliphatic carbocycles. The van der Waals surface area contributed by atoms with E-state index in [0.717, 1.165) is 46.2 Å². The second kappa shape index (κ2) is 6.19. The monoisotopic (exact) mass is 376 g/mol. The smallest absolute Gasteiger partial charge is 0.271 e. The van der Waals surface area contributed by atoms with Gasteiger partial charge in [-0.15, -0.1) is 0 Å². The van der Waals surface area contributed by atoms with Gasteiger partial charge < -0.3 is 14.9 Å². The highest BCUT2D eigenvalue weighted by atomic mass is 19.1. The molecule has 5 nitrogen and oxygen atoms in total. The first-order valence-electron chi connectivity index (χ1n) is 9.57. The molecule has 142 valence electrons. The molecule has 6 heteroatoms. The first-order chi connectivity index (χ1) is 13.5. The van der Waals surface area contributed by atoms with Gasteiger partial charge >= 0.3 is 0 Å². The largest absolute Gasteiger partial charge is 0.348 e. The molecular formula is C22H21FN4O. The Morgan fingerprint density at radius 2 is 2.07 bits per heavy atom. The Labute approximate surface area is 161 Å². The molecule has 4 aromatic rings. The highest BCUT2D eigenvalue weighted by Gasteiger charge is 2.34. The van der Waals surface area contributed by atoms with Crippen LogP contribution < -0.4 is 0 Å². The molecule has 0 saturated carbocycles. The van der Waals surface area contributed by atoms with E-state index < -0.39 is 0 Å². The molecule has 2 aromatic heterocycles. The molecular weight excluding hydrogens is 355 g/mol. The summed E-state index contributed by atoms with van der Waals surface area (Å²) in [5.41, 5.74) is 4.68. The zero-order valence-corrected chi connectivity index (χ0v) is 15.8. The lowest BCUT2D eigenvalue weighted by Gasteiger charge is -2.23. The van der Waals surface area contributed by atoms with E-state index in [4.69, 9.17) is 4.98 Å². The maximum absolute atomic E-state index is 14.1. The van der Waals surface area contributed by atoms with E-state index in [1.807, 2.05) is 36.9 Å². The highest BCUT2D eigenvalue weighted by molar-refractivity contribution is 6.01. The number of nitrogens with zero attached hydrogens (tertiary/aromatic N) is 2. The molecule has 28 heavy (non-hydrogen) atoms. The lowest BCUT2D eigenvalue weighted by Crippen LogP contribution is -2.31. The van der Waals surface area contributed by atoms with Crippen LogP contribution in [0.15, 0.2) is 36.4 Å². The van der Waals surface area contributed by atoms with Gasteiger partial charge in [0.25, 0.3) is 5.91 Å². The summed E-state index contributed by atoms with van der Waals surface area (Å²) in [6, 6.07) is 10.9. The highest BCUT2D eigenvalue weighted by Crippen LogP contribution is 2.34. The van der Waals surface area contributed by atoms with Crippen LogP contribution in [0, 0.1) is 19.7 Å². The Hall–Kier alpha value is -3.15. The summed E-state index contributed by atoms with van der Waals surface area (Å²) in [6.07, 6.45) is 1.78. The number of aromatic nitrogens is 3. The molecule has 1 aliphatic rings. The molecule has 0 bridgehead atoms. The molecule has 3 heterocycles. The summed E-state index contributed by atoms with van der Waals surface area (Å²) in [6.45, 7) is 4.57. The van der Waals surface area contributed by atoms with E-state index >= 15 is 0 Å². The Morgan fingerprint density at radius 3 is 2.89 bits per heavy atom. The number of carbonyl (C=O) groups is 1. The van der Waals surface area contributed by atoms with Gasteiger partial charge in [-0.1, -0.05) is 18.2 Å². The van der Waals surface area contributed by atoms with Crippen LogP contribution in [-0.2, 0) is 0 Å². The van der Waals surface area contributed by atoms with Gasteiger partial charge in [0.2, 0.25) is 0 Å². The van der Waals surface area contributed by atoms with Crippen molar-refractivity contribution in [2.45, 2.75) is 32.7 Å². The van der Waals surface area contributed by atoms with Gasteiger partial charge in [0.05, 0.1) is 22.6 Å². The maximum Gasteiger partial charge on any atom is 0.271 e. The number of fused-ring (bicyclic) bond motifs is 2. The Balaban J connectivity index is 1.53. The summed E-state index contributed by atoms with van der Waals surface area (Å²) in [5, 5.41) is 0.748. The summed E-state index contributed by atoms with van der Waals surface area (Å²) in [4.78, 5) is 26.3. The van der Waals surface area contributed by atoms with Crippen molar-refractivity contribution in [3.05, 3.63) is 64.9 Å². The summed E-state index contributed by atoms with van der Waals surface area (Å²) < 4.78 is 14.1. The molecule has 2 aromatic carbocycles. The Morgan fingerprint density at radius 1 is 1.21 bits per heavy atom. The zero-order valence-electron chi connectivity index (χ0n) is 15.8. The fourth-order valence-corrected chi connectivity index (χ4v) is 4.27. The number of likely N-dealkylation sites (tertiary alicyclic amines) is 1. The van der Waals surface area contributed by atoms with Crippen molar-refractivity contribution in [3.8, 4) is 0 Å². The second-order valence-electron chi connectivity index (χ2n) is 7.59. The van der Waals surface area contributed by atoms with Gasteiger partial charge in [0.15, 0.2) is 0 Å². The fraction of sp³-hybridized carbons (Fsp3) is 0.273. The van der Waals surface area contributed by atoms with E-state index in [-0.39, 0.29) is 17.8 Å². The predicted molar refractivity (Wildman–Crippen MR) is 107 cm³/mol. The summed E-state index contributed by atoms with van der Waals surface area (Å²) in [5.74, 6) is 0.365. The average Bonchev–Trinajstić information content (AvgIpc) is 3.38. The van der Waals surface area contributed by atoms with Crippen molar-refractivity contribution >= 4 is 27.8 Å². The molecule has 1 fully saturated rings. The van der Waals surface area contributed by atoms with E-state index in [1.54, 1.807) is 6.07 Å². The Bertz CT molecular complexity index is 1220. The van der Waals surface area contributed by atoms with Gasteiger partial charge in [0, 0.05) is 11.9 Å². The van der Waals surface area contributed by atoms with Crippen LogP contribution in [0.5, 0.6) is 0 Å². The summed E-state index contributed by atoms with van der Waals surface area (Å²) in [7, 11) is 0. The number of H-pyrrole nitrogens is 2. The minimum atomic E-state index is -0.342. The van der Waals surface area contributed by atoms with Crippen molar-refractivity contribution in [1.29, 1.82) is 0 Å². The first kappa shape index (κ1) is 17.0. The Kier molecular flexibility index (Phi) is 3.75. The summed E-state index contributed by atoms with van der Waals surface area (Å²) >= 11 is 0. The number of para-hydroxylation sites is 1. The molecule has 1 unspecified atom stereocenters. The number of nitrogens with one attached hydrogen (secondary N) is 2. The number of amides is 1. The zero-order chi connectivity index (χ0) is 19.4. The fourth-order valence-electron chi connectivity index (χ4n) is 4.27. The molecule has 0 radical (unpaired) electrons. The number of aromatic amines is 2. The number of benzene rings is 2. The molecule has 2 N–H and O–H groups in total. The second-order valence-corrected chi connectivity index (χ2v) is 7.59. The SMILES string of the molecule is Cc1ccc2nc(C3CCCN3C(=O)c3[nH]c4c(F)cccc4c3C)[nH]c2c1. The number of rotatable bonds is 2. The van der Waals surface area contributed by atoms with Crippen molar-refractivity contribution in [3.63, 3.8) is 0 Å². The van der Waals surface area contributed by atoms with E-state index in [0.29, 0.717) is 17.8 Å². The number of aryl methyl sites for hydroxylation is 2. The quantitative estimate of drug-likeness (QED) is 0.529. The third-order valence-electron chi connectivity index (χ3n) is 5.74. The van der Waals surface area contributed by atoms with Crippen molar-refractivity contribution in [2.75, 3.05) is 6.54 Å². The van der Waals surface area contributed by atoms with Gasteiger partial charge in [0.1, 0.15) is 17.3 Å². The van der Waals surface area contributed by atoms with Crippen LogP contribution in [0.1, 0.15) is 46.3 Å². The lowest BCUT2D eigenvalue weighted by atomic mass is 10.1. The van der Waals surface area contributed by atoms with Crippen molar-refractivity contribution in [2.24, 2.45) is 0 Å². The minimum Gasteiger partial charge on any atom is -0.348 e. The number of halogens is 1. The van der Waals surface area contributed by atoms with Crippen molar-refractivity contribution < 1.29 is 9.18 Å². The standard InChI is InChI=1S/C22H21FN4O/c1-12-8-9-16-17(11-12)25-21(24-16)18-7-4-10-27(18)22(28)19-13(2)14-5-3-6-15(23)20(14)26-19/h3,5-6,8-9,11,18,26H,4,7,10H2,1-2H3,(H,24,25). The molecule has 1 aliphatic heterocycles. The van der Waals surface area contributed by atoms with Crippen LogP contribution in [0.4, 0.5) is 4.39 Å². The van der Waals surface area contributed by atoms with Crippen molar-refractivity contribution in [1.82, 2.24) is 19.9 Å². The normalized spacial score (nSPS) is 17.1. The van der Waals surface area contributed by atoms with E-state index in [2.05, 4.69) is 16.0 Å². The topological polar surface area (TPSA) is 64.8 Å².